The molecule has 1 aromatic carbocycles. The van der Waals surface area contributed by atoms with Crippen molar-refractivity contribution in [2.75, 3.05) is 12.3 Å². The van der Waals surface area contributed by atoms with Crippen LogP contribution >= 0.6 is 28.6 Å². The average molecular weight is 304 g/mol. The summed E-state index contributed by atoms with van der Waals surface area (Å²) in [6, 6.07) is 5.25. The Labute approximate surface area is 109 Å². The molecule has 0 aliphatic carbocycles. The van der Waals surface area contributed by atoms with Crippen LogP contribution in [0.5, 0.6) is 5.75 Å². The molecule has 1 aromatic rings. The minimum atomic E-state index is 0.0262. The monoisotopic (exact) mass is 303 g/mol. The molecule has 0 aliphatic rings. The topological polar surface area (TPSA) is 49.3 Å². The van der Waals surface area contributed by atoms with E-state index in [1.54, 1.807) is 6.07 Å². The fourth-order valence-electron chi connectivity index (χ4n) is 1.25. The predicted molar refractivity (Wildman–Crippen MR) is 71.0 cm³/mol. The van der Waals surface area contributed by atoms with Crippen LogP contribution in [0.25, 0.3) is 0 Å². The number of aryl methyl sites for hydroxylation is 1. The van der Waals surface area contributed by atoms with E-state index in [9.17, 15) is 9.90 Å². The Morgan fingerprint density at radius 3 is 2.88 bits per heavy atom. The highest BCUT2D eigenvalue weighted by Crippen LogP contribution is 2.24. The largest absolute Gasteiger partial charge is 0.507 e. The first-order valence-electron chi connectivity index (χ1n) is 4.98. The van der Waals surface area contributed by atoms with Gasteiger partial charge < -0.3 is 10.4 Å². The summed E-state index contributed by atoms with van der Waals surface area (Å²) in [6.45, 7) is 0.598. The predicted octanol–water partition coefficient (Wildman–Crippen LogP) is 2.13. The van der Waals surface area contributed by atoms with E-state index in [0.717, 1.165) is 5.56 Å². The SMILES string of the molecule is O=C(CCc1ccc(O)c(Br)c1)NCCS. The van der Waals surface area contributed by atoms with Crippen molar-refractivity contribution in [3.05, 3.63) is 28.2 Å². The van der Waals surface area contributed by atoms with Crippen LogP contribution in [0.3, 0.4) is 0 Å². The molecule has 5 heteroatoms. The Morgan fingerprint density at radius 1 is 1.50 bits per heavy atom. The lowest BCUT2D eigenvalue weighted by atomic mass is 10.1. The molecule has 0 atom stereocenters. The highest BCUT2D eigenvalue weighted by atomic mass is 79.9. The van der Waals surface area contributed by atoms with Crippen molar-refractivity contribution in [2.24, 2.45) is 0 Å². The highest BCUT2D eigenvalue weighted by molar-refractivity contribution is 9.10. The lowest BCUT2D eigenvalue weighted by Gasteiger charge is -2.04. The van der Waals surface area contributed by atoms with Gasteiger partial charge in [-0.05, 0) is 40.0 Å². The number of hydrogen-bond acceptors (Lipinski definition) is 3. The van der Waals surface area contributed by atoms with E-state index in [1.807, 2.05) is 12.1 Å². The summed E-state index contributed by atoms with van der Waals surface area (Å²) in [5.41, 5.74) is 1.02. The average Bonchev–Trinajstić information content (AvgIpc) is 2.28. The molecular weight excluding hydrogens is 290 g/mol. The third-order valence-electron chi connectivity index (χ3n) is 2.09. The molecule has 0 fully saturated rings. The van der Waals surface area contributed by atoms with Gasteiger partial charge in [0.25, 0.3) is 0 Å². The zero-order chi connectivity index (χ0) is 12.0. The maximum absolute atomic E-state index is 11.3. The fraction of sp³-hybridized carbons (Fsp3) is 0.364. The highest BCUT2D eigenvalue weighted by Gasteiger charge is 2.03. The maximum Gasteiger partial charge on any atom is 0.220 e. The number of aromatic hydroxyl groups is 1. The van der Waals surface area contributed by atoms with Gasteiger partial charge in [0.15, 0.2) is 0 Å². The summed E-state index contributed by atoms with van der Waals surface area (Å²) >= 11 is 7.24. The molecule has 3 nitrogen and oxygen atoms in total. The van der Waals surface area contributed by atoms with Gasteiger partial charge in [-0.1, -0.05) is 6.07 Å². The Kier molecular flexibility index (Phi) is 5.69. The zero-order valence-corrected chi connectivity index (χ0v) is 11.2. The molecule has 0 heterocycles. The number of halogens is 1. The molecule has 0 spiro atoms. The zero-order valence-electron chi connectivity index (χ0n) is 8.74. The molecule has 16 heavy (non-hydrogen) atoms. The molecule has 1 rings (SSSR count). The van der Waals surface area contributed by atoms with Crippen LogP contribution in [0.1, 0.15) is 12.0 Å². The number of benzene rings is 1. The number of rotatable bonds is 5. The van der Waals surface area contributed by atoms with Gasteiger partial charge in [0.05, 0.1) is 4.47 Å². The van der Waals surface area contributed by atoms with Crippen LogP contribution in [-0.4, -0.2) is 23.3 Å². The number of thiol groups is 1. The van der Waals surface area contributed by atoms with Gasteiger partial charge in [-0.15, -0.1) is 0 Å². The number of carbonyl (C=O) groups excluding carboxylic acids is 1. The van der Waals surface area contributed by atoms with Crippen LogP contribution in [0.4, 0.5) is 0 Å². The van der Waals surface area contributed by atoms with Crippen molar-refractivity contribution in [2.45, 2.75) is 12.8 Å². The maximum atomic E-state index is 11.3. The van der Waals surface area contributed by atoms with Crippen molar-refractivity contribution in [3.8, 4) is 5.75 Å². The number of hydrogen-bond donors (Lipinski definition) is 3. The Hall–Kier alpha value is -0.680. The molecule has 0 aromatic heterocycles. The summed E-state index contributed by atoms with van der Waals surface area (Å²) in [4.78, 5) is 11.3. The minimum absolute atomic E-state index is 0.0262. The quantitative estimate of drug-likeness (QED) is 0.730. The molecule has 0 radical (unpaired) electrons. The third-order valence-corrected chi connectivity index (χ3v) is 2.95. The van der Waals surface area contributed by atoms with E-state index in [0.29, 0.717) is 29.6 Å². The van der Waals surface area contributed by atoms with Crippen molar-refractivity contribution in [1.82, 2.24) is 5.32 Å². The molecule has 0 aliphatic heterocycles. The number of nitrogens with one attached hydrogen (secondary N) is 1. The summed E-state index contributed by atoms with van der Waals surface area (Å²) in [6.07, 6.45) is 1.11. The van der Waals surface area contributed by atoms with Crippen LogP contribution < -0.4 is 5.32 Å². The van der Waals surface area contributed by atoms with E-state index in [-0.39, 0.29) is 11.7 Å². The first-order chi connectivity index (χ1) is 7.63. The summed E-state index contributed by atoms with van der Waals surface area (Å²) in [5, 5.41) is 12.1. The molecule has 1 amide bonds. The molecule has 88 valence electrons. The Bertz CT molecular complexity index is 371. The summed E-state index contributed by atoms with van der Waals surface area (Å²) < 4.78 is 0.653. The fourth-order valence-corrected chi connectivity index (χ4v) is 1.79. The number of carbonyl (C=O) groups is 1. The molecule has 0 unspecified atom stereocenters. The Balaban J connectivity index is 2.42. The van der Waals surface area contributed by atoms with Gasteiger partial charge in [-0.3, -0.25) is 4.79 Å². The van der Waals surface area contributed by atoms with E-state index in [1.165, 1.54) is 0 Å². The van der Waals surface area contributed by atoms with Gasteiger partial charge in [-0.25, -0.2) is 0 Å². The lowest BCUT2D eigenvalue weighted by Crippen LogP contribution is -2.25. The summed E-state index contributed by atoms with van der Waals surface area (Å²) in [5.74, 6) is 0.887. The van der Waals surface area contributed by atoms with E-state index >= 15 is 0 Å². The molecule has 0 saturated carbocycles. The standard InChI is InChI=1S/C11H14BrNO2S/c12-9-7-8(1-3-10(9)14)2-4-11(15)13-5-6-16/h1,3,7,14,16H,2,4-6H2,(H,13,15). The van der Waals surface area contributed by atoms with Crippen LogP contribution in [-0.2, 0) is 11.2 Å². The van der Waals surface area contributed by atoms with Crippen LogP contribution in [0, 0.1) is 0 Å². The first-order valence-corrected chi connectivity index (χ1v) is 6.41. The normalized spacial score (nSPS) is 10.1. The molecule has 0 saturated heterocycles. The molecule has 2 N–H and O–H groups in total. The second-order valence-electron chi connectivity index (χ2n) is 3.36. The van der Waals surface area contributed by atoms with Crippen molar-refractivity contribution >= 4 is 34.5 Å². The van der Waals surface area contributed by atoms with Crippen molar-refractivity contribution in [3.63, 3.8) is 0 Å². The van der Waals surface area contributed by atoms with Gasteiger partial charge in [0.2, 0.25) is 5.91 Å². The third kappa shape index (κ3) is 4.45. The second-order valence-corrected chi connectivity index (χ2v) is 4.66. The van der Waals surface area contributed by atoms with E-state index < -0.39 is 0 Å². The van der Waals surface area contributed by atoms with Crippen LogP contribution in [0.2, 0.25) is 0 Å². The second kappa shape index (κ2) is 6.81. The number of phenolic OH excluding ortho intramolecular Hbond substituents is 1. The van der Waals surface area contributed by atoms with Gasteiger partial charge >= 0.3 is 0 Å². The van der Waals surface area contributed by atoms with Crippen LogP contribution in [0.15, 0.2) is 22.7 Å². The molecular formula is C11H14BrNO2S. The number of phenols is 1. The van der Waals surface area contributed by atoms with Gasteiger partial charge in [0.1, 0.15) is 5.75 Å². The van der Waals surface area contributed by atoms with E-state index in [2.05, 4.69) is 33.9 Å². The minimum Gasteiger partial charge on any atom is -0.507 e. The number of amides is 1. The summed E-state index contributed by atoms with van der Waals surface area (Å²) in [7, 11) is 0. The van der Waals surface area contributed by atoms with Gasteiger partial charge in [-0.2, -0.15) is 12.6 Å². The first kappa shape index (κ1) is 13.4. The smallest absolute Gasteiger partial charge is 0.220 e. The lowest BCUT2D eigenvalue weighted by molar-refractivity contribution is -0.120. The van der Waals surface area contributed by atoms with Crippen molar-refractivity contribution in [1.29, 1.82) is 0 Å². The van der Waals surface area contributed by atoms with Gasteiger partial charge in [0, 0.05) is 18.7 Å². The van der Waals surface area contributed by atoms with E-state index in [4.69, 9.17) is 0 Å². The Morgan fingerprint density at radius 2 is 2.25 bits per heavy atom. The van der Waals surface area contributed by atoms with Crippen molar-refractivity contribution < 1.29 is 9.90 Å². The molecule has 0 bridgehead atoms.